The summed E-state index contributed by atoms with van der Waals surface area (Å²) in [6.45, 7) is 0. The summed E-state index contributed by atoms with van der Waals surface area (Å²) in [5, 5.41) is 18.4. The van der Waals surface area contributed by atoms with E-state index in [2.05, 4.69) is 30.4 Å². The van der Waals surface area contributed by atoms with Crippen LogP contribution in [0, 0.1) is 5.82 Å². The van der Waals surface area contributed by atoms with Gasteiger partial charge in [0.05, 0.1) is 18.0 Å². The number of aromatic amines is 1. The zero-order valence-electron chi connectivity index (χ0n) is 18.6. The Bertz CT molecular complexity index is 1590. The molecule has 8 nitrogen and oxygen atoms in total. The van der Waals surface area contributed by atoms with Gasteiger partial charge in [-0.25, -0.2) is 9.37 Å². The van der Waals surface area contributed by atoms with Crippen LogP contribution in [0.25, 0.3) is 27.9 Å². The summed E-state index contributed by atoms with van der Waals surface area (Å²) in [6, 6.07) is 9.03. The molecular formula is C24H19F4N7O. The number of pyridine rings is 1. The number of halogens is 4. The fourth-order valence-corrected chi connectivity index (χ4v) is 4.70. The van der Waals surface area contributed by atoms with Gasteiger partial charge >= 0.3 is 6.18 Å². The lowest BCUT2D eigenvalue weighted by atomic mass is 9.91. The lowest BCUT2D eigenvalue weighted by Crippen LogP contribution is -2.29. The van der Waals surface area contributed by atoms with E-state index in [0.29, 0.717) is 6.42 Å². The number of anilines is 1. The first kappa shape index (κ1) is 22.4. The van der Waals surface area contributed by atoms with E-state index in [4.69, 9.17) is 0 Å². The number of aromatic nitrogens is 6. The van der Waals surface area contributed by atoms with E-state index in [9.17, 15) is 22.7 Å². The molecule has 3 N–H and O–H groups in total. The molecule has 0 unspecified atom stereocenters. The summed E-state index contributed by atoms with van der Waals surface area (Å²) in [6.07, 6.45) is -2.32. The van der Waals surface area contributed by atoms with E-state index in [1.165, 1.54) is 11.8 Å². The fraction of sp³-hybridized carbons (Fsp3) is 0.250. The predicted molar refractivity (Wildman–Crippen MR) is 123 cm³/mol. The number of hydrogen-bond acceptors (Lipinski definition) is 6. The molecule has 4 heterocycles. The first-order valence-corrected chi connectivity index (χ1v) is 11.2. The molecule has 0 amide bonds. The van der Waals surface area contributed by atoms with Crippen molar-refractivity contribution < 1.29 is 22.7 Å². The number of aliphatic hydroxyl groups is 1. The van der Waals surface area contributed by atoms with Gasteiger partial charge in [-0.2, -0.15) is 27.8 Å². The van der Waals surface area contributed by atoms with Crippen molar-refractivity contribution in [3.8, 4) is 11.4 Å². The van der Waals surface area contributed by atoms with Crippen LogP contribution >= 0.6 is 0 Å². The number of aryl methyl sites for hydroxylation is 1. The van der Waals surface area contributed by atoms with Crippen molar-refractivity contribution in [2.75, 3.05) is 5.32 Å². The third-order valence-electron chi connectivity index (χ3n) is 6.39. The second-order valence-electron chi connectivity index (χ2n) is 8.75. The van der Waals surface area contributed by atoms with Crippen LogP contribution < -0.4 is 5.32 Å². The number of fused-ring (bicyclic) bond motifs is 4. The number of benzene rings is 1. The third kappa shape index (κ3) is 3.83. The lowest BCUT2D eigenvalue weighted by Gasteiger charge is -2.24. The third-order valence-corrected chi connectivity index (χ3v) is 6.39. The molecule has 4 aromatic heterocycles. The first-order chi connectivity index (χ1) is 17.3. The van der Waals surface area contributed by atoms with Gasteiger partial charge in [0.2, 0.25) is 5.95 Å². The highest BCUT2D eigenvalue weighted by Gasteiger charge is 2.41. The second-order valence-corrected chi connectivity index (χ2v) is 8.75. The molecule has 0 saturated heterocycles. The van der Waals surface area contributed by atoms with Crippen molar-refractivity contribution in [1.29, 1.82) is 0 Å². The number of alkyl halides is 3. The molecule has 184 valence electrons. The van der Waals surface area contributed by atoms with Crippen molar-refractivity contribution in [2.45, 2.75) is 37.6 Å². The topological polar surface area (TPSA) is 104 Å². The van der Waals surface area contributed by atoms with E-state index < -0.39 is 23.7 Å². The van der Waals surface area contributed by atoms with E-state index in [0.717, 1.165) is 52.4 Å². The summed E-state index contributed by atoms with van der Waals surface area (Å²) in [5.41, 5.74) is 2.79. The van der Waals surface area contributed by atoms with Crippen LogP contribution in [0.15, 0.2) is 48.9 Å². The van der Waals surface area contributed by atoms with E-state index >= 15 is 0 Å². The van der Waals surface area contributed by atoms with Gasteiger partial charge in [-0.15, -0.1) is 0 Å². The Kier molecular flexibility index (Phi) is 5.14. The van der Waals surface area contributed by atoms with Crippen molar-refractivity contribution in [1.82, 2.24) is 29.5 Å². The number of rotatable bonds is 4. The van der Waals surface area contributed by atoms with Gasteiger partial charge in [-0.3, -0.25) is 4.98 Å². The van der Waals surface area contributed by atoms with E-state index in [1.54, 1.807) is 0 Å². The number of H-pyrrole nitrogens is 1. The SMILES string of the molecule is O[C@H](c1cnn2c(N[C@@H]3CCc4[nH]c5ccccc5c4C3)nc(-c3cncc(F)c3)nc12)C(F)(F)F. The van der Waals surface area contributed by atoms with Crippen molar-refractivity contribution in [2.24, 2.45) is 0 Å². The van der Waals surface area contributed by atoms with Gasteiger partial charge in [-0.05, 0) is 37.0 Å². The molecule has 0 spiro atoms. The second kappa shape index (κ2) is 8.26. The Hall–Kier alpha value is -4.06. The number of nitrogens with zero attached hydrogens (tertiary/aromatic N) is 5. The monoisotopic (exact) mass is 497 g/mol. The Morgan fingerprint density at radius 2 is 1.97 bits per heavy atom. The molecule has 1 aromatic carbocycles. The molecule has 5 aromatic rings. The van der Waals surface area contributed by atoms with Gasteiger partial charge in [0.1, 0.15) is 5.82 Å². The summed E-state index contributed by atoms with van der Waals surface area (Å²) in [4.78, 5) is 15.9. The van der Waals surface area contributed by atoms with Gasteiger partial charge in [0.15, 0.2) is 17.6 Å². The van der Waals surface area contributed by atoms with E-state index in [-0.39, 0.29) is 29.0 Å². The van der Waals surface area contributed by atoms with Crippen LogP contribution in [0.3, 0.4) is 0 Å². The van der Waals surface area contributed by atoms with Crippen LogP contribution in [0.5, 0.6) is 0 Å². The largest absolute Gasteiger partial charge is 0.418 e. The zero-order valence-corrected chi connectivity index (χ0v) is 18.6. The molecular weight excluding hydrogens is 478 g/mol. The molecule has 36 heavy (non-hydrogen) atoms. The van der Waals surface area contributed by atoms with Crippen LogP contribution in [0.4, 0.5) is 23.5 Å². The zero-order chi connectivity index (χ0) is 25.0. The Labute approximate surface area is 201 Å². The minimum Gasteiger partial charge on any atom is -0.379 e. The van der Waals surface area contributed by atoms with Crippen LogP contribution in [0.2, 0.25) is 0 Å². The number of hydrogen-bond donors (Lipinski definition) is 3. The Balaban J connectivity index is 1.43. The molecule has 6 rings (SSSR count). The minimum absolute atomic E-state index is 0.0447. The highest BCUT2D eigenvalue weighted by atomic mass is 19.4. The van der Waals surface area contributed by atoms with Gasteiger partial charge in [-0.1, -0.05) is 18.2 Å². The molecule has 0 bridgehead atoms. The van der Waals surface area contributed by atoms with Gasteiger partial charge in [0, 0.05) is 34.4 Å². The summed E-state index contributed by atoms with van der Waals surface area (Å²) >= 11 is 0. The quantitative estimate of drug-likeness (QED) is 0.319. The Morgan fingerprint density at radius 1 is 1.14 bits per heavy atom. The molecule has 0 saturated carbocycles. The van der Waals surface area contributed by atoms with Crippen molar-refractivity contribution in [3.63, 3.8) is 0 Å². The average molecular weight is 497 g/mol. The summed E-state index contributed by atoms with van der Waals surface area (Å²) in [5.74, 6) is -0.557. The summed E-state index contributed by atoms with van der Waals surface area (Å²) < 4.78 is 54.9. The predicted octanol–water partition coefficient (Wildman–Crippen LogP) is 4.37. The standard InChI is InChI=1S/C24H19F4N7O/c25-13-7-12(9-29-10-13)21-33-22-17(20(36)24(26,27)28)11-30-35(22)23(34-21)31-14-5-6-19-16(8-14)15-3-1-2-4-18(15)32-19/h1-4,7,9-11,14,20,32,36H,5-6,8H2,(H,31,33,34)/t14-,20-/m1/s1. The summed E-state index contributed by atoms with van der Waals surface area (Å²) in [7, 11) is 0. The molecule has 12 heteroatoms. The number of para-hydroxylation sites is 1. The molecule has 2 atom stereocenters. The van der Waals surface area contributed by atoms with E-state index in [1.807, 2.05) is 24.3 Å². The maximum Gasteiger partial charge on any atom is 0.418 e. The first-order valence-electron chi connectivity index (χ1n) is 11.2. The highest BCUT2D eigenvalue weighted by Crippen LogP contribution is 2.35. The van der Waals surface area contributed by atoms with Crippen LogP contribution in [-0.4, -0.2) is 46.9 Å². The van der Waals surface area contributed by atoms with Crippen LogP contribution in [-0.2, 0) is 12.8 Å². The number of nitrogens with one attached hydrogen (secondary N) is 2. The lowest BCUT2D eigenvalue weighted by molar-refractivity contribution is -0.206. The molecule has 0 fully saturated rings. The average Bonchev–Trinajstić information content (AvgIpc) is 3.44. The minimum atomic E-state index is -4.92. The molecule has 1 aliphatic carbocycles. The highest BCUT2D eigenvalue weighted by molar-refractivity contribution is 5.85. The molecule has 1 aliphatic rings. The maximum atomic E-state index is 13.8. The van der Waals surface area contributed by atoms with Crippen molar-refractivity contribution >= 4 is 22.5 Å². The van der Waals surface area contributed by atoms with Crippen LogP contribution in [0.1, 0.15) is 29.3 Å². The normalized spacial score (nSPS) is 16.9. The van der Waals surface area contributed by atoms with Crippen molar-refractivity contribution in [3.05, 3.63) is 71.6 Å². The molecule has 0 aliphatic heterocycles. The van der Waals surface area contributed by atoms with Gasteiger partial charge < -0.3 is 15.4 Å². The fourth-order valence-electron chi connectivity index (χ4n) is 4.70. The number of aliphatic hydroxyl groups excluding tert-OH is 1. The Morgan fingerprint density at radius 3 is 2.78 bits per heavy atom. The molecule has 0 radical (unpaired) electrons. The maximum absolute atomic E-state index is 13.8. The van der Waals surface area contributed by atoms with Gasteiger partial charge in [0.25, 0.3) is 0 Å². The smallest absolute Gasteiger partial charge is 0.379 e.